The van der Waals surface area contributed by atoms with Crippen molar-refractivity contribution in [2.45, 2.75) is 50.2 Å². The minimum absolute atomic E-state index is 0.0552. The van der Waals surface area contributed by atoms with Gasteiger partial charge in [-0.2, -0.15) is 26.3 Å². The number of rotatable bonds is 7. The third-order valence-corrected chi connectivity index (χ3v) is 7.10. The van der Waals surface area contributed by atoms with Gasteiger partial charge in [-0.1, -0.05) is 12.1 Å². The summed E-state index contributed by atoms with van der Waals surface area (Å²) in [6, 6.07) is 6.04. The van der Waals surface area contributed by atoms with E-state index in [0.717, 1.165) is 0 Å². The lowest BCUT2D eigenvalue weighted by molar-refractivity contribution is -0.143. The lowest BCUT2D eigenvalue weighted by Gasteiger charge is -2.45. The molecule has 1 saturated carbocycles. The summed E-state index contributed by atoms with van der Waals surface area (Å²) in [5.41, 5.74) is 2.78. The molecule has 0 unspecified atom stereocenters. The Morgan fingerprint density at radius 1 is 1.05 bits per heavy atom. The maximum absolute atomic E-state index is 13.7. The topological polar surface area (TPSA) is 75.8 Å². The monoisotopic (exact) mass is 550 g/mol. The van der Waals surface area contributed by atoms with E-state index in [1.165, 1.54) is 43.1 Å². The van der Waals surface area contributed by atoms with Crippen LogP contribution in [0, 0.1) is 17.7 Å². The molecule has 3 rings (SSSR count). The van der Waals surface area contributed by atoms with Crippen LogP contribution >= 0.6 is 0 Å². The predicted molar refractivity (Wildman–Crippen MR) is 124 cm³/mol. The van der Waals surface area contributed by atoms with Crippen LogP contribution in [0.4, 0.5) is 35.5 Å². The van der Waals surface area contributed by atoms with E-state index < -0.39 is 59.4 Å². The number of carbonyl (C=O) groups excluding carboxylic acids is 1. The van der Waals surface area contributed by atoms with Gasteiger partial charge in [0.05, 0.1) is 23.3 Å². The van der Waals surface area contributed by atoms with Gasteiger partial charge in [-0.15, -0.1) is 0 Å². The number of hydrogen-bond acceptors (Lipinski definition) is 3. The highest BCUT2D eigenvalue weighted by molar-refractivity contribution is 5.71. The molecule has 0 saturated heterocycles. The van der Waals surface area contributed by atoms with Gasteiger partial charge in [-0.05, 0) is 73.1 Å². The Bertz CT molecular complexity index is 1070. The molecule has 0 bridgehead atoms. The van der Waals surface area contributed by atoms with E-state index in [-0.39, 0.29) is 30.7 Å². The molecule has 12 heteroatoms. The summed E-state index contributed by atoms with van der Waals surface area (Å²) >= 11 is 0. The fraction of sp³-hybridized carbons (Fsp3) is 0.500. The van der Waals surface area contributed by atoms with Crippen molar-refractivity contribution in [2.75, 3.05) is 20.2 Å². The molecule has 210 valence electrons. The number of amides is 2. The van der Waals surface area contributed by atoms with Gasteiger partial charge in [0, 0.05) is 26.1 Å². The van der Waals surface area contributed by atoms with E-state index in [2.05, 4.69) is 0 Å². The summed E-state index contributed by atoms with van der Waals surface area (Å²) in [7, 11) is 1.47. The summed E-state index contributed by atoms with van der Waals surface area (Å²) in [6.45, 7) is 1.22. The molecule has 1 fully saturated rings. The molecule has 2 aromatic carbocycles. The molecular weight excluding hydrogens is 521 g/mol. The van der Waals surface area contributed by atoms with Gasteiger partial charge in [-0.25, -0.2) is 9.18 Å². The predicted octanol–water partition coefficient (Wildman–Crippen LogP) is 6.12. The standard InChI is InChI=1S/C26H29F7N2O3/c1-14(17-9-18(25(28,29)30)11-19(10-17)26(31,32)33)38-22-8-5-16(13-36)21(12-35(2)24(34)37)23(22)15-3-6-20(27)7-4-15/h3-4,6-7,9-11,14,16,21-23,36H,5,8,12-13H2,1-2H3,(H2,34,37)/t14-,16-,21-,22+,23+/m1/s1. The second-order valence-electron chi connectivity index (χ2n) is 9.64. The molecule has 5 nitrogen and oxygen atoms in total. The average Bonchev–Trinajstić information content (AvgIpc) is 2.83. The van der Waals surface area contributed by atoms with Gasteiger partial charge in [0.15, 0.2) is 0 Å². The first-order valence-corrected chi connectivity index (χ1v) is 11.9. The first-order chi connectivity index (χ1) is 17.6. The van der Waals surface area contributed by atoms with Crippen LogP contribution in [0.5, 0.6) is 0 Å². The Morgan fingerprint density at radius 2 is 1.61 bits per heavy atom. The van der Waals surface area contributed by atoms with E-state index in [1.807, 2.05) is 0 Å². The number of nitrogens with zero attached hydrogens (tertiary/aromatic N) is 1. The second kappa shape index (κ2) is 11.5. The Hall–Kier alpha value is -2.86. The minimum Gasteiger partial charge on any atom is -0.396 e. The van der Waals surface area contributed by atoms with Crippen LogP contribution in [0.1, 0.15) is 54.0 Å². The van der Waals surface area contributed by atoms with Crippen LogP contribution in [-0.4, -0.2) is 42.3 Å². The maximum atomic E-state index is 13.7. The summed E-state index contributed by atoms with van der Waals surface area (Å²) in [5.74, 6) is -1.84. The summed E-state index contributed by atoms with van der Waals surface area (Å²) in [6.07, 6.45) is -11.2. The number of aliphatic hydroxyl groups excluding tert-OH is 1. The van der Waals surface area contributed by atoms with E-state index >= 15 is 0 Å². The van der Waals surface area contributed by atoms with Crippen LogP contribution in [-0.2, 0) is 17.1 Å². The number of primary amides is 1. The summed E-state index contributed by atoms with van der Waals surface area (Å²) in [5, 5.41) is 10.0. The quantitative estimate of drug-likeness (QED) is 0.408. The Morgan fingerprint density at radius 3 is 2.08 bits per heavy atom. The number of carbonyl (C=O) groups is 1. The molecule has 0 radical (unpaired) electrons. The number of ether oxygens (including phenoxy) is 1. The van der Waals surface area contributed by atoms with Crippen molar-refractivity contribution < 1.29 is 45.4 Å². The number of urea groups is 1. The van der Waals surface area contributed by atoms with Crippen molar-refractivity contribution in [2.24, 2.45) is 17.6 Å². The summed E-state index contributed by atoms with van der Waals surface area (Å²) < 4.78 is 100. The second-order valence-corrected chi connectivity index (χ2v) is 9.64. The zero-order valence-electron chi connectivity index (χ0n) is 20.7. The van der Waals surface area contributed by atoms with E-state index in [0.29, 0.717) is 30.5 Å². The SMILES string of the molecule is C[C@@H](O[C@H]1CC[C@H](CO)[C@@H](CN(C)C(N)=O)[C@@H]1c1ccc(F)cc1)c1cc(C(F)(F)F)cc(C(F)(F)F)c1. The van der Waals surface area contributed by atoms with Crippen molar-refractivity contribution in [1.82, 2.24) is 4.90 Å². The lowest BCUT2D eigenvalue weighted by atomic mass is 9.67. The summed E-state index contributed by atoms with van der Waals surface area (Å²) in [4.78, 5) is 13.0. The van der Waals surface area contributed by atoms with Crippen LogP contribution in [0.15, 0.2) is 42.5 Å². The average molecular weight is 551 g/mol. The molecule has 2 aromatic rings. The number of halogens is 7. The zero-order valence-corrected chi connectivity index (χ0v) is 20.7. The van der Waals surface area contributed by atoms with Gasteiger partial charge in [-0.3, -0.25) is 0 Å². The first-order valence-electron chi connectivity index (χ1n) is 11.9. The number of aliphatic hydroxyl groups is 1. The third-order valence-electron chi connectivity index (χ3n) is 7.10. The molecule has 1 aliphatic carbocycles. The van der Waals surface area contributed by atoms with Crippen molar-refractivity contribution in [3.8, 4) is 0 Å². The molecule has 3 N–H and O–H groups in total. The number of hydrogen-bond donors (Lipinski definition) is 2. The fourth-order valence-corrected chi connectivity index (χ4v) is 5.09. The largest absolute Gasteiger partial charge is 0.416 e. The molecule has 5 atom stereocenters. The molecule has 2 amide bonds. The highest BCUT2D eigenvalue weighted by Crippen LogP contribution is 2.45. The van der Waals surface area contributed by atoms with Crippen LogP contribution in [0.2, 0.25) is 0 Å². The first kappa shape index (κ1) is 29.7. The normalized spacial score (nSPS) is 23.2. The van der Waals surface area contributed by atoms with E-state index in [1.54, 1.807) is 0 Å². The Labute approximate surface area is 215 Å². The van der Waals surface area contributed by atoms with Gasteiger partial charge in [0.2, 0.25) is 0 Å². The van der Waals surface area contributed by atoms with Crippen molar-refractivity contribution in [1.29, 1.82) is 0 Å². The number of nitrogens with two attached hydrogens (primary N) is 1. The molecule has 0 aromatic heterocycles. The molecule has 1 aliphatic rings. The van der Waals surface area contributed by atoms with Gasteiger partial charge >= 0.3 is 18.4 Å². The molecular formula is C26H29F7N2O3. The zero-order chi connectivity index (χ0) is 28.4. The highest BCUT2D eigenvalue weighted by atomic mass is 19.4. The Balaban J connectivity index is 2.02. The fourth-order valence-electron chi connectivity index (χ4n) is 5.09. The van der Waals surface area contributed by atoms with Gasteiger partial charge < -0.3 is 20.5 Å². The smallest absolute Gasteiger partial charge is 0.396 e. The van der Waals surface area contributed by atoms with E-state index in [9.17, 15) is 40.6 Å². The van der Waals surface area contributed by atoms with E-state index in [4.69, 9.17) is 10.5 Å². The van der Waals surface area contributed by atoms with Gasteiger partial charge in [0.1, 0.15) is 5.82 Å². The van der Waals surface area contributed by atoms with Crippen LogP contribution in [0.25, 0.3) is 0 Å². The van der Waals surface area contributed by atoms with Gasteiger partial charge in [0.25, 0.3) is 0 Å². The highest BCUT2D eigenvalue weighted by Gasteiger charge is 2.43. The molecule has 38 heavy (non-hydrogen) atoms. The van der Waals surface area contributed by atoms with Crippen molar-refractivity contribution >= 4 is 6.03 Å². The van der Waals surface area contributed by atoms with Crippen molar-refractivity contribution in [3.05, 3.63) is 70.5 Å². The minimum atomic E-state index is -5.00. The van der Waals surface area contributed by atoms with Crippen LogP contribution < -0.4 is 5.73 Å². The molecule has 0 heterocycles. The molecule has 0 spiro atoms. The number of benzene rings is 2. The Kier molecular flexibility index (Phi) is 8.97. The third kappa shape index (κ3) is 6.96. The molecule has 0 aliphatic heterocycles. The van der Waals surface area contributed by atoms with Crippen LogP contribution in [0.3, 0.4) is 0 Å². The number of alkyl halides is 6. The maximum Gasteiger partial charge on any atom is 0.416 e. The van der Waals surface area contributed by atoms with Crippen molar-refractivity contribution in [3.63, 3.8) is 0 Å². The lowest BCUT2D eigenvalue weighted by Crippen LogP contribution is -2.46.